The van der Waals surface area contributed by atoms with E-state index in [0.717, 1.165) is 16.5 Å². The maximum Gasteiger partial charge on any atom is 0.265 e. The van der Waals surface area contributed by atoms with Crippen LogP contribution in [-0.4, -0.2) is 19.1 Å². The van der Waals surface area contributed by atoms with Gasteiger partial charge in [-0.1, -0.05) is 42.5 Å². The Bertz CT molecular complexity index is 860. The minimum Gasteiger partial charge on any atom is -0.493 e. The van der Waals surface area contributed by atoms with Crippen molar-refractivity contribution in [1.82, 2.24) is 0 Å². The molecule has 3 aromatic rings. The quantitative estimate of drug-likeness (QED) is 0.764. The molecule has 0 aliphatic carbocycles. The lowest BCUT2D eigenvalue weighted by molar-refractivity contribution is -0.122. The van der Waals surface area contributed by atoms with E-state index in [4.69, 9.17) is 9.47 Å². The van der Waals surface area contributed by atoms with E-state index < -0.39 is 6.10 Å². The first kappa shape index (κ1) is 15.9. The number of para-hydroxylation sites is 2. The number of amides is 1. The first-order valence-corrected chi connectivity index (χ1v) is 7.77. The Kier molecular flexibility index (Phi) is 4.66. The highest BCUT2D eigenvalue weighted by Crippen LogP contribution is 2.27. The van der Waals surface area contributed by atoms with Crippen LogP contribution in [0.4, 0.5) is 5.69 Å². The summed E-state index contributed by atoms with van der Waals surface area (Å²) in [6, 6.07) is 21.1. The third kappa shape index (κ3) is 3.49. The van der Waals surface area contributed by atoms with Crippen molar-refractivity contribution in [3.8, 4) is 11.5 Å². The highest BCUT2D eigenvalue weighted by atomic mass is 16.5. The average molecular weight is 321 g/mol. The lowest BCUT2D eigenvalue weighted by Gasteiger charge is -2.16. The van der Waals surface area contributed by atoms with Gasteiger partial charge < -0.3 is 14.8 Å². The fraction of sp³-hybridized carbons (Fsp3) is 0.150. The summed E-state index contributed by atoms with van der Waals surface area (Å²) in [5, 5.41) is 5.10. The van der Waals surface area contributed by atoms with Crippen molar-refractivity contribution in [3.05, 3.63) is 66.7 Å². The second-order valence-corrected chi connectivity index (χ2v) is 5.46. The van der Waals surface area contributed by atoms with Crippen molar-refractivity contribution in [2.24, 2.45) is 0 Å². The van der Waals surface area contributed by atoms with Crippen LogP contribution in [0.3, 0.4) is 0 Å². The van der Waals surface area contributed by atoms with Crippen LogP contribution in [0.5, 0.6) is 11.5 Å². The molecule has 4 heteroatoms. The Morgan fingerprint density at radius 3 is 2.33 bits per heavy atom. The standard InChI is InChI=1S/C20H19NO3/c1-14(24-19-10-6-5-9-18(19)23-2)20(22)21-17-12-11-15-7-3-4-8-16(15)13-17/h3-14H,1-2H3,(H,21,22). The zero-order valence-electron chi connectivity index (χ0n) is 13.7. The van der Waals surface area contributed by atoms with Gasteiger partial charge in [-0.15, -0.1) is 0 Å². The number of hydrogen-bond acceptors (Lipinski definition) is 3. The second-order valence-electron chi connectivity index (χ2n) is 5.46. The van der Waals surface area contributed by atoms with Crippen LogP contribution in [0.15, 0.2) is 66.7 Å². The molecule has 122 valence electrons. The summed E-state index contributed by atoms with van der Waals surface area (Å²) in [6.07, 6.45) is -0.646. The van der Waals surface area contributed by atoms with E-state index in [-0.39, 0.29) is 5.91 Å². The number of fused-ring (bicyclic) bond motifs is 1. The molecule has 4 nitrogen and oxygen atoms in total. The zero-order chi connectivity index (χ0) is 16.9. The summed E-state index contributed by atoms with van der Waals surface area (Å²) in [5.74, 6) is 0.931. The molecular weight excluding hydrogens is 302 g/mol. The zero-order valence-corrected chi connectivity index (χ0v) is 13.7. The Morgan fingerprint density at radius 1 is 0.917 bits per heavy atom. The summed E-state index contributed by atoms with van der Waals surface area (Å²) in [4.78, 5) is 12.4. The molecule has 1 N–H and O–H groups in total. The number of hydrogen-bond donors (Lipinski definition) is 1. The lowest BCUT2D eigenvalue weighted by Crippen LogP contribution is -2.30. The fourth-order valence-electron chi connectivity index (χ4n) is 2.47. The number of carbonyl (C=O) groups is 1. The van der Waals surface area contributed by atoms with Gasteiger partial charge in [0.2, 0.25) is 0 Å². The Morgan fingerprint density at radius 2 is 1.58 bits per heavy atom. The number of anilines is 1. The maximum atomic E-state index is 12.4. The Balaban J connectivity index is 1.71. The van der Waals surface area contributed by atoms with Crippen molar-refractivity contribution < 1.29 is 14.3 Å². The Hall–Kier alpha value is -3.01. The van der Waals surface area contributed by atoms with Gasteiger partial charge in [0.15, 0.2) is 17.6 Å². The molecule has 3 aromatic carbocycles. The lowest BCUT2D eigenvalue weighted by atomic mass is 10.1. The van der Waals surface area contributed by atoms with Crippen molar-refractivity contribution >= 4 is 22.4 Å². The van der Waals surface area contributed by atoms with E-state index in [1.165, 1.54) is 0 Å². The number of carbonyl (C=O) groups excluding carboxylic acids is 1. The summed E-state index contributed by atoms with van der Waals surface area (Å²) < 4.78 is 11.0. The smallest absolute Gasteiger partial charge is 0.265 e. The summed E-state index contributed by atoms with van der Waals surface area (Å²) >= 11 is 0. The molecule has 1 atom stereocenters. The van der Waals surface area contributed by atoms with E-state index in [1.54, 1.807) is 26.2 Å². The molecular formula is C20H19NO3. The van der Waals surface area contributed by atoms with Crippen molar-refractivity contribution in [1.29, 1.82) is 0 Å². The van der Waals surface area contributed by atoms with Gasteiger partial charge in [0.25, 0.3) is 5.91 Å². The van der Waals surface area contributed by atoms with Crippen molar-refractivity contribution in [3.63, 3.8) is 0 Å². The normalized spacial score (nSPS) is 11.8. The molecule has 0 heterocycles. The molecule has 1 amide bonds. The SMILES string of the molecule is COc1ccccc1OC(C)C(=O)Nc1ccc2ccccc2c1. The van der Waals surface area contributed by atoms with Gasteiger partial charge in [0.05, 0.1) is 7.11 Å². The molecule has 0 aliphatic heterocycles. The molecule has 0 aliphatic rings. The van der Waals surface area contributed by atoms with Crippen LogP contribution in [0, 0.1) is 0 Å². The van der Waals surface area contributed by atoms with Gasteiger partial charge >= 0.3 is 0 Å². The van der Waals surface area contributed by atoms with Gasteiger partial charge in [0, 0.05) is 5.69 Å². The van der Waals surface area contributed by atoms with Crippen LogP contribution in [0.1, 0.15) is 6.92 Å². The van der Waals surface area contributed by atoms with Gasteiger partial charge in [-0.05, 0) is 42.0 Å². The Labute approximate surface area is 141 Å². The van der Waals surface area contributed by atoms with Crippen molar-refractivity contribution in [2.45, 2.75) is 13.0 Å². The van der Waals surface area contributed by atoms with Crippen LogP contribution < -0.4 is 14.8 Å². The van der Waals surface area contributed by atoms with Crippen LogP contribution >= 0.6 is 0 Å². The molecule has 24 heavy (non-hydrogen) atoms. The molecule has 0 saturated heterocycles. The van der Waals surface area contributed by atoms with Gasteiger partial charge in [-0.2, -0.15) is 0 Å². The van der Waals surface area contributed by atoms with Gasteiger partial charge in [0.1, 0.15) is 0 Å². The average Bonchev–Trinajstić information content (AvgIpc) is 2.62. The van der Waals surface area contributed by atoms with E-state index in [9.17, 15) is 4.79 Å². The molecule has 0 bridgehead atoms. The molecule has 0 fully saturated rings. The topological polar surface area (TPSA) is 47.6 Å². The van der Waals surface area contributed by atoms with Crippen LogP contribution in [0.2, 0.25) is 0 Å². The number of methoxy groups -OCH3 is 1. The summed E-state index contributed by atoms with van der Waals surface area (Å²) in [5.41, 5.74) is 0.745. The van der Waals surface area contributed by atoms with Gasteiger partial charge in [-0.25, -0.2) is 0 Å². The number of nitrogens with one attached hydrogen (secondary N) is 1. The van der Waals surface area contributed by atoms with Crippen LogP contribution in [0.25, 0.3) is 10.8 Å². The minimum atomic E-state index is -0.646. The highest BCUT2D eigenvalue weighted by molar-refractivity contribution is 5.96. The molecule has 0 radical (unpaired) electrons. The summed E-state index contributed by atoms with van der Waals surface area (Å²) in [7, 11) is 1.57. The molecule has 0 aromatic heterocycles. The van der Waals surface area contributed by atoms with Crippen molar-refractivity contribution in [2.75, 3.05) is 12.4 Å². The predicted octanol–water partition coefficient (Wildman–Crippen LogP) is 4.25. The maximum absolute atomic E-state index is 12.4. The minimum absolute atomic E-state index is 0.212. The third-order valence-electron chi connectivity index (χ3n) is 3.76. The third-order valence-corrected chi connectivity index (χ3v) is 3.76. The fourth-order valence-corrected chi connectivity index (χ4v) is 2.47. The van der Waals surface area contributed by atoms with E-state index in [0.29, 0.717) is 11.5 Å². The first-order chi connectivity index (χ1) is 11.7. The van der Waals surface area contributed by atoms with E-state index in [2.05, 4.69) is 5.32 Å². The summed E-state index contributed by atoms with van der Waals surface area (Å²) in [6.45, 7) is 1.71. The van der Waals surface area contributed by atoms with Gasteiger partial charge in [-0.3, -0.25) is 4.79 Å². The molecule has 3 rings (SSSR count). The number of rotatable bonds is 5. The van der Waals surface area contributed by atoms with Crippen LogP contribution in [-0.2, 0) is 4.79 Å². The molecule has 0 saturated carbocycles. The van der Waals surface area contributed by atoms with E-state index >= 15 is 0 Å². The highest BCUT2D eigenvalue weighted by Gasteiger charge is 2.16. The number of ether oxygens (including phenoxy) is 2. The predicted molar refractivity (Wildman–Crippen MR) is 95.7 cm³/mol. The molecule has 1 unspecified atom stereocenters. The van der Waals surface area contributed by atoms with E-state index in [1.807, 2.05) is 54.6 Å². The first-order valence-electron chi connectivity index (χ1n) is 7.77. The largest absolute Gasteiger partial charge is 0.493 e. The second kappa shape index (κ2) is 7.04. The number of benzene rings is 3. The molecule has 0 spiro atoms. The monoisotopic (exact) mass is 321 g/mol.